The van der Waals surface area contributed by atoms with E-state index in [-0.39, 0.29) is 43.5 Å². The molecule has 2 heterocycles. The highest BCUT2D eigenvalue weighted by Crippen LogP contribution is 2.43. The van der Waals surface area contributed by atoms with Gasteiger partial charge in [-0.15, -0.1) is 0 Å². The first-order valence-corrected chi connectivity index (χ1v) is 14.5. The highest BCUT2D eigenvalue weighted by atomic mass is 35.5. The Morgan fingerprint density at radius 2 is 1.69 bits per heavy atom. The van der Waals surface area contributed by atoms with Gasteiger partial charge in [0.1, 0.15) is 17.9 Å². The van der Waals surface area contributed by atoms with E-state index in [1.54, 1.807) is 12.1 Å². The lowest BCUT2D eigenvalue weighted by Gasteiger charge is -2.30. The van der Waals surface area contributed by atoms with E-state index in [2.05, 4.69) is 15.1 Å². The molecule has 238 valence electrons. The van der Waals surface area contributed by atoms with Crippen molar-refractivity contribution in [2.24, 2.45) is 5.92 Å². The highest BCUT2D eigenvalue weighted by Gasteiger charge is 2.42. The number of alkyl halides is 6. The minimum atomic E-state index is -4.96. The van der Waals surface area contributed by atoms with Crippen LogP contribution in [0.25, 0.3) is 17.1 Å². The lowest BCUT2D eigenvalue weighted by molar-refractivity contribution is -0.182. The van der Waals surface area contributed by atoms with Crippen LogP contribution in [0, 0.1) is 5.92 Å². The number of benzene rings is 2. The number of esters is 1. The van der Waals surface area contributed by atoms with Crippen LogP contribution in [0.3, 0.4) is 0 Å². The predicted molar refractivity (Wildman–Crippen MR) is 152 cm³/mol. The summed E-state index contributed by atoms with van der Waals surface area (Å²) in [5, 5.41) is 4.06. The molecule has 0 radical (unpaired) electrons. The number of nitrogens with zero attached hydrogens (tertiary/aromatic N) is 4. The molecule has 0 unspecified atom stereocenters. The minimum absolute atomic E-state index is 0.0632. The second-order valence-corrected chi connectivity index (χ2v) is 11.0. The molecule has 0 N–H and O–H groups in total. The molecule has 0 spiro atoms. The number of halogens is 7. The zero-order valence-electron chi connectivity index (χ0n) is 23.8. The summed E-state index contributed by atoms with van der Waals surface area (Å²) in [7, 11) is 0. The number of carbonyl (C=O) groups excluding carboxylic acids is 1. The van der Waals surface area contributed by atoms with Crippen LogP contribution in [-0.2, 0) is 17.5 Å². The Balaban J connectivity index is 1.35. The fourth-order valence-electron chi connectivity index (χ4n) is 5.37. The lowest BCUT2D eigenvalue weighted by Crippen LogP contribution is -2.27. The summed E-state index contributed by atoms with van der Waals surface area (Å²) in [5.74, 6) is -2.33. The summed E-state index contributed by atoms with van der Waals surface area (Å²) < 4.78 is 92.4. The fourth-order valence-corrected chi connectivity index (χ4v) is 5.54. The van der Waals surface area contributed by atoms with Gasteiger partial charge in [0.25, 0.3) is 0 Å². The molecule has 0 saturated heterocycles. The molecule has 1 aliphatic rings. The van der Waals surface area contributed by atoms with E-state index >= 15 is 0 Å². The maximum Gasteiger partial charge on any atom is 0.434 e. The van der Waals surface area contributed by atoms with Crippen molar-refractivity contribution in [1.29, 1.82) is 0 Å². The molecule has 1 aliphatic carbocycles. The van der Waals surface area contributed by atoms with Crippen molar-refractivity contribution in [2.75, 3.05) is 6.61 Å². The van der Waals surface area contributed by atoms with E-state index in [1.165, 1.54) is 19.2 Å². The number of hydrogen-bond acceptors (Lipinski definition) is 6. The summed E-state index contributed by atoms with van der Waals surface area (Å²) in [6.45, 7) is 1.47. The van der Waals surface area contributed by atoms with Crippen molar-refractivity contribution in [1.82, 2.24) is 19.7 Å². The smallest absolute Gasteiger partial charge is 0.434 e. The zero-order valence-corrected chi connectivity index (χ0v) is 24.6. The van der Waals surface area contributed by atoms with Gasteiger partial charge in [0.2, 0.25) is 0 Å². The second kappa shape index (κ2) is 13.1. The van der Waals surface area contributed by atoms with Crippen LogP contribution < -0.4 is 4.74 Å². The average Bonchev–Trinajstić information content (AvgIpc) is 3.47. The maximum absolute atomic E-state index is 14.0. The van der Waals surface area contributed by atoms with Crippen molar-refractivity contribution >= 4 is 17.6 Å². The van der Waals surface area contributed by atoms with Crippen molar-refractivity contribution in [2.45, 2.75) is 57.5 Å². The van der Waals surface area contributed by atoms with Gasteiger partial charge >= 0.3 is 18.3 Å². The van der Waals surface area contributed by atoms with Crippen LogP contribution in [-0.4, -0.2) is 38.5 Å². The van der Waals surface area contributed by atoms with E-state index in [0.717, 1.165) is 23.5 Å². The molecule has 7 nitrogen and oxygen atoms in total. The van der Waals surface area contributed by atoms with Gasteiger partial charge in [0.15, 0.2) is 11.5 Å². The zero-order chi connectivity index (χ0) is 32.4. The summed E-state index contributed by atoms with van der Waals surface area (Å²) in [6.07, 6.45) is -4.77. The van der Waals surface area contributed by atoms with E-state index in [4.69, 9.17) is 21.1 Å². The van der Waals surface area contributed by atoms with Gasteiger partial charge < -0.3 is 9.47 Å². The first-order chi connectivity index (χ1) is 21.3. The van der Waals surface area contributed by atoms with E-state index in [1.807, 2.05) is 24.3 Å². The summed E-state index contributed by atoms with van der Waals surface area (Å²) in [5.41, 5.74) is 0.135. The molecular formula is C31H27ClF6N4O3. The van der Waals surface area contributed by atoms with Crippen LogP contribution in [0.4, 0.5) is 26.3 Å². The van der Waals surface area contributed by atoms with Gasteiger partial charge in [-0.25, -0.2) is 14.5 Å². The summed E-state index contributed by atoms with van der Waals surface area (Å²) in [4.78, 5) is 20.5. The van der Waals surface area contributed by atoms with Crippen LogP contribution in [0.1, 0.15) is 65.7 Å². The van der Waals surface area contributed by atoms with Gasteiger partial charge in [-0.3, -0.25) is 4.98 Å². The van der Waals surface area contributed by atoms with Crippen molar-refractivity contribution < 1.29 is 40.6 Å². The third kappa shape index (κ3) is 7.41. The topological polar surface area (TPSA) is 79.1 Å². The molecule has 2 aromatic heterocycles. The third-order valence-corrected chi connectivity index (χ3v) is 7.86. The largest absolute Gasteiger partial charge is 0.488 e. The quantitative estimate of drug-likeness (QED) is 0.140. The average molecular weight is 653 g/mol. The summed E-state index contributed by atoms with van der Waals surface area (Å²) >= 11 is 6.23. The molecular weight excluding hydrogens is 626 g/mol. The standard InChI is InChI=1S/C31H27ClF6N4O3/c1-2-44-29(43)24-14-40-42(28(24)31(36,37)38)27-16-39-15-25(41-27)23-13-22(32)11-12-26(23)45-17-18-3-5-19(6-4-18)20-7-9-21(10-8-20)30(33,34)35/h3-6,11-16,20-21H,2,7-10,17H2,1H3/t20-,21-. The Kier molecular flexibility index (Phi) is 9.38. The van der Waals surface area contributed by atoms with Gasteiger partial charge in [0, 0.05) is 10.6 Å². The van der Waals surface area contributed by atoms with Crippen molar-refractivity contribution in [3.05, 3.63) is 88.5 Å². The molecule has 1 fully saturated rings. The van der Waals surface area contributed by atoms with Crippen LogP contribution in [0.2, 0.25) is 5.02 Å². The fraction of sp³-hybridized carbons (Fsp3) is 0.355. The molecule has 1 saturated carbocycles. The number of aromatic nitrogens is 4. The lowest BCUT2D eigenvalue weighted by atomic mass is 9.78. The normalized spacial score (nSPS) is 17.2. The Labute approximate surface area is 259 Å². The van der Waals surface area contributed by atoms with Gasteiger partial charge in [-0.1, -0.05) is 35.9 Å². The maximum atomic E-state index is 14.0. The molecule has 45 heavy (non-hydrogen) atoms. The Morgan fingerprint density at radius 1 is 0.978 bits per heavy atom. The third-order valence-electron chi connectivity index (χ3n) is 7.63. The van der Waals surface area contributed by atoms with Crippen molar-refractivity contribution in [3.8, 4) is 22.8 Å². The number of ether oxygens (including phenoxy) is 2. The van der Waals surface area contributed by atoms with E-state index in [0.29, 0.717) is 33.9 Å². The number of carbonyl (C=O) groups is 1. The number of hydrogen-bond donors (Lipinski definition) is 0. The minimum Gasteiger partial charge on any atom is -0.488 e. The van der Waals surface area contributed by atoms with Crippen molar-refractivity contribution in [3.63, 3.8) is 0 Å². The van der Waals surface area contributed by atoms with Crippen LogP contribution >= 0.6 is 11.6 Å². The molecule has 0 aliphatic heterocycles. The van der Waals surface area contributed by atoms with Gasteiger partial charge in [-0.05, 0) is 67.9 Å². The monoisotopic (exact) mass is 652 g/mol. The molecule has 14 heteroatoms. The van der Waals surface area contributed by atoms with Crippen LogP contribution in [0.15, 0.2) is 61.1 Å². The molecule has 0 bridgehead atoms. The Morgan fingerprint density at radius 3 is 2.33 bits per heavy atom. The molecule has 5 rings (SSSR count). The Hall–Kier alpha value is -4.13. The second-order valence-electron chi connectivity index (χ2n) is 10.6. The van der Waals surface area contributed by atoms with Gasteiger partial charge in [-0.2, -0.15) is 31.4 Å². The predicted octanol–water partition coefficient (Wildman–Crippen LogP) is 8.59. The SMILES string of the molecule is CCOC(=O)c1cnn(-c2cncc(-c3cc(Cl)ccc3OCc3ccc([C@H]4CC[C@H](C(F)(F)F)CC4)cc3)n2)c1C(F)(F)F. The first kappa shape index (κ1) is 32.3. The first-order valence-electron chi connectivity index (χ1n) is 14.1. The van der Waals surface area contributed by atoms with E-state index in [9.17, 15) is 31.1 Å². The Bertz CT molecular complexity index is 1650. The van der Waals surface area contributed by atoms with Crippen LogP contribution in [0.5, 0.6) is 5.75 Å². The number of rotatable bonds is 8. The molecule has 0 atom stereocenters. The highest BCUT2D eigenvalue weighted by molar-refractivity contribution is 6.31. The molecule has 2 aromatic carbocycles. The van der Waals surface area contributed by atoms with E-state index < -0.39 is 35.5 Å². The molecule has 0 amide bonds. The molecule has 4 aromatic rings. The van der Waals surface area contributed by atoms with Gasteiger partial charge in [0.05, 0.1) is 36.8 Å². The summed E-state index contributed by atoms with van der Waals surface area (Å²) in [6, 6.07) is 12.2.